The van der Waals surface area contributed by atoms with Crippen LogP contribution in [-0.2, 0) is 0 Å². The first kappa shape index (κ1) is 18.9. The maximum absolute atomic E-state index is 13.8. The number of carbonyl (C=O) groups excluding carboxylic acids is 1. The van der Waals surface area contributed by atoms with Crippen molar-refractivity contribution < 1.29 is 4.79 Å². The number of thiophene rings is 1. The van der Waals surface area contributed by atoms with E-state index in [1.165, 1.54) is 43.4 Å². The summed E-state index contributed by atoms with van der Waals surface area (Å²) in [5.41, 5.74) is 0.853. The van der Waals surface area contributed by atoms with Gasteiger partial charge in [0.1, 0.15) is 0 Å². The van der Waals surface area contributed by atoms with Crippen molar-refractivity contribution >= 4 is 17.1 Å². The zero-order valence-electron chi connectivity index (χ0n) is 16.1. The molecule has 1 aromatic heterocycles. The maximum Gasteiger partial charge on any atom is 0.181 e. The van der Waals surface area contributed by atoms with Crippen LogP contribution in [0.1, 0.15) is 59.8 Å². The summed E-state index contributed by atoms with van der Waals surface area (Å²) in [4.78, 5) is 20.2. The average molecular weight is 383 g/mol. The number of rotatable bonds is 6. The quantitative estimate of drug-likeness (QED) is 0.656. The molecule has 2 saturated heterocycles. The third-order valence-electron chi connectivity index (χ3n) is 6.03. The van der Waals surface area contributed by atoms with Gasteiger partial charge in [-0.05, 0) is 63.3 Å². The first-order valence-electron chi connectivity index (χ1n) is 10.5. The molecule has 0 saturated carbocycles. The van der Waals surface area contributed by atoms with Gasteiger partial charge in [-0.2, -0.15) is 0 Å². The Morgan fingerprint density at radius 1 is 0.778 bits per heavy atom. The molecule has 1 aromatic carbocycles. The number of hydrogen-bond acceptors (Lipinski definition) is 4. The molecule has 2 atom stereocenters. The van der Waals surface area contributed by atoms with Gasteiger partial charge in [0.05, 0.1) is 12.1 Å². The first-order valence-corrected chi connectivity index (χ1v) is 11.3. The fourth-order valence-corrected chi connectivity index (χ4v) is 5.56. The molecule has 27 heavy (non-hydrogen) atoms. The zero-order valence-corrected chi connectivity index (χ0v) is 16.9. The molecule has 0 spiro atoms. The highest BCUT2D eigenvalue weighted by Gasteiger charge is 2.39. The monoisotopic (exact) mass is 382 g/mol. The van der Waals surface area contributed by atoms with Gasteiger partial charge < -0.3 is 0 Å². The molecule has 0 bridgehead atoms. The summed E-state index contributed by atoms with van der Waals surface area (Å²) in [5, 5.41) is 2.16. The van der Waals surface area contributed by atoms with Gasteiger partial charge >= 0.3 is 0 Å². The number of nitrogens with zero attached hydrogens (tertiary/aromatic N) is 2. The van der Waals surface area contributed by atoms with E-state index in [-0.39, 0.29) is 12.1 Å². The molecule has 2 fully saturated rings. The third kappa shape index (κ3) is 4.34. The smallest absolute Gasteiger partial charge is 0.181 e. The number of hydrogen-bond donors (Lipinski definition) is 0. The molecule has 0 N–H and O–H groups in total. The Balaban J connectivity index is 1.72. The molecule has 4 heteroatoms. The van der Waals surface area contributed by atoms with Gasteiger partial charge in [-0.3, -0.25) is 14.6 Å². The van der Waals surface area contributed by atoms with Crippen LogP contribution < -0.4 is 0 Å². The summed E-state index contributed by atoms with van der Waals surface area (Å²) >= 11 is 1.81. The Morgan fingerprint density at radius 3 is 2.00 bits per heavy atom. The van der Waals surface area contributed by atoms with Crippen molar-refractivity contribution in [1.82, 2.24) is 9.80 Å². The van der Waals surface area contributed by atoms with E-state index >= 15 is 0 Å². The Kier molecular flexibility index (Phi) is 6.38. The molecule has 144 valence electrons. The van der Waals surface area contributed by atoms with Crippen LogP contribution in [0.5, 0.6) is 0 Å². The summed E-state index contributed by atoms with van der Waals surface area (Å²) in [7, 11) is 0. The van der Waals surface area contributed by atoms with E-state index in [9.17, 15) is 4.79 Å². The fourth-order valence-electron chi connectivity index (χ4n) is 4.67. The third-order valence-corrected chi connectivity index (χ3v) is 6.97. The lowest BCUT2D eigenvalue weighted by Gasteiger charge is -2.44. The second-order valence-electron chi connectivity index (χ2n) is 7.83. The summed E-state index contributed by atoms with van der Waals surface area (Å²) in [6, 6.07) is 14.4. The number of likely N-dealkylation sites (tertiary alicyclic amines) is 2. The normalized spacial score (nSPS) is 21.6. The van der Waals surface area contributed by atoms with E-state index < -0.39 is 0 Å². The molecular weight excluding hydrogens is 352 g/mol. The van der Waals surface area contributed by atoms with E-state index in [4.69, 9.17) is 0 Å². The van der Waals surface area contributed by atoms with Crippen LogP contribution in [0.4, 0.5) is 0 Å². The molecule has 0 amide bonds. The maximum atomic E-state index is 13.8. The van der Waals surface area contributed by atoms with Crippen molar-refractivity contribution in [2.75, 3.05) is 26.2 Å². The SMILES string of the molecule is O=C(c1ccccc1)C(C(c1cccs1)N1CCCCC1)N1CCCCC1. The van der Waals surface area contributed by atoms with Crippen LogP contribution in [0, 0.1) is 0 Å². The van der Waals surface area contributed by atoms with Crippen molar-refractivity contribution in [2.45, 2.75) is 50.6 Å². The summed E-state index contributed by atoms with van der Waals surface area (Å²) in [6.07, 6.45) is 7.50. The van der Waals surface area contributed by atoms with Crippen LogP contribution in [0.15, 0.2) is 47.8 Å². The number of ketones is 1. The van der Waals surface area contributed by atoms with E-state index in [1.54, 1.807) is 0 Å². The average Bonchev–Trinajstić information content (AvgIpc) is 3.28. The predicted octanol–water partition coefficient (Wildman–Crippen LogP) is 5.01. The number of carbonyl (C=O) groups is 1. The summed E-state index contributed by atoms with van der Waals surface area (Å²) in [5.74, 6) is 0.293. The molecule has 2 aliphatic rings. The second-order valence-corrected chi connectivity index (χ2v) is 8.81. The minimum Gasteiger partial charge on any atom is -0.294 e. The van der Waals surface area contributed by atoms with Crippen LogP contribution in [0.25, 0.3) is 0 Å². The molecule has 3 heterocycles. The van der Waals surface area contributed by atoms with Gasteiger partial charge in [-0.15, -0.1) is 11.3 Å². The van der Waals surface area contributed by atoms with E-state index in [1.807, 2.05) is 41.7 Å². The van der Waals surface area contributed by atoms with Gasteiger partial charge in [0.2, 0.25) is 0 Å². The van der Waals surface area contributed by atoms with Gasteiger partial charge in [0, 0.05) is 10.4 Å². The molecule has 4 rings (SSSR count). The highest BCUT2D eigenvalue weighted by atomic mass is 32.1. The molecule has 2 aromatic rings. The predicted molar refractivity (Wildman–Crippen MR) is 112 cm³/mol. The second kappa shape index (κ2) is 9.13. The van der Waals surface area contributed by atoms with Crippen molar-refractivity contribution in [3.63, 3.8) is 0 Å². The number of piperidine rings is 2. The molecular formula is C23H30N2OS. The Hall–Kier alpha value is -1.49. The first-order chi connectivity index (χ1) is 13.3. The van der Waals surface area contributed by atoms with Gasteiger partial charge in [-0.25, -0.2) is 0 Å². The molecule has 0 aliphatic carbocycles. The lowest BCUT2D eigenvalue weighted by atomic mass is 9.91. The van der Waals surface area contributed by atoms with E-state index in [2.05, 4.69) is 27.3 Å². The van der Waals surface area contributed by atoms with Crippen molar-refractivity contribution in [2.24, 2.45) is 0 Å². The van der Waals surface area contributed by atoms with Crippen molar-refractivity contribution in [3.05, 3.63) is 58.3 Å². The minimum absolute atomic E-state index is 0.0792. The van der Waals surface area contributed by atoms with Gasteiger partial charge in [0.25, 0.3) is 0 Å². The highest BCUT2D eigenvalue weighted by molar-refractivity contribution is 7.10. The fraction of sp³-hybridized carbons (Fsp3) is 0.522. The van der Waals surface area contributed by atoms with Gasteiger partial charge in [0.15, 0.2) is 5.78 Å². The summed E-state index contributed by atoms with van der Waals surface area (Å²) in [6.45, 7) is 4.29. The largest absolute Gasteiger partial charge is 0.294 e. The standard InChI is InChI=1S/C23H30N2OS/c26-23(19-11-4-1-5-12-19)22(25-16-8-3-9-17-25)21(20-13-10-18-27-20)24-14-6-2-7-15-24/h1,4-5,10-13,18,21-22H,2-3,6-9,14-17H2. The van der Waals surface area contributed by atoms with Crippen LogP contribution in [-0.4, -0.2) is 47.8 Å². The molecule has 0 radical (unpaired) electrons. The Bertz CT molecular complexity index is 703. The Morgan fingerprint density at radius 2 is 1.41 bits per heavy atom. The Labute approximate surface area is 167 Å². The number of benzene rings is 1. The van der Waals surface area contributed by atoms with Crippen molar-refractivity contribution in [1.29, 1.82) is 0 Å². The van der Waals surface area contributed by atoms with E-state index in [0.29, 0.717) is 5.78 Å². The van der Waals surface area contributed by atoms with E-state index in [0.717, 1.165) is 31.7 Å². The van der Waals surface area contributed by atoms with Crippen LogP contribution in [0.2, 0.25) is 0 Å². The van der Waals surface area contributed by atoms with Gasteiger partial charge in [-0.1, -0.05) is 49.2 Å². The van der Waals surface area contributed by atoms with Crippen molar-refractivity contribution in [3.8, 4) is 0 Å². The molecule has 2 unspecified atom stereocenters. The topological polar surface area (TPSA) is 23.6 Å². The molecule has 2 aliphatic heterocycles. The van der Waals surface area contributed by atoms with Crippen LogP contribution >= 0.6 is 11.3 Å². The lowest BCUT2D eigenvalue weighted by molar-refractivity contribution is 0.0435. The summed E-state index contributed by atoms with van der Waals surface area (Å²) < 4.78 is 0. The minimum atomic E-state index is -0.0792. The molecule has 3 nitrogen and oxygen atoms in total. The zero-order chi connectivity index (χ0) is 18.5. The highest BCUT2D eigenvalue weighted by Crippen LogP contribution is 2.35. The lowest BCUT2D eigenvalue weighted by Crippen LogP contribution is -2.53. The van der Waals surface area contributed by atoms with Crippen LogP contribution in [0.3, 0.4) is 0 Å². The number of Topliss-reactive ketones (excluding diaryl/α,β-unsaturated/α-hetero) is 1.